The van der Waals surface area contributed by atoms with E-state index in [1.165, 1.54) is 17.8 Å². The monoisotopic (exact) mass is 439 g/mol. The lowest BCUT2D eigenvalue weighted by atomic mass is 9.99. The zero-order valence-electron chi connectivity index (χ0n) is 18.4. The van der Waals surface area contributed by atoms with Crippen molar-refractivity contribution in [2.45, 2.75) is 45.6 Å². The molecule has 5 heterocycles. The van der Waals surface area contributed by atoms with Crippen LogP contribution in [0.1, 0.15) is 59.6 Å². The van der Waals surface area contributed by atoms with E-state index in [9.17, 15) is 4.79 Å². The molecule has 0 bridgehead atoms. The van der Waals surface area contributed by atoms with Gasteiger partial charge in [-0.25, -0.2) is 9.50 Å². The molecule has 3 aromatic rings. The van der Waals surface area contributed by atoms with Gasteiger partial charge in [-0.1, -0.05) is 6.92 Å². The Morgan fingerprint density at radius 2 is 2.13 bits per heavy atom. The van der Waals surface area contributed by atoms with E-state index in [1.807, 2.05) is 20.9 Å². The number of ether oxygens (including phenoxy) is 1. The fourth-order valence-electron chi connectivity index (χ4n) is 4.86. The van der Waals surface area contributed by atoms with Crippen LogP contribution in [0.5, 0.6) is 5.75 Å². The number of rotatable bonds is 4. The second-order valence-electron chi connectivity index (χ2n) is 8.79. The van der Waals surface area contributed by atoms with Crippen LogP contribution >= 0.6 is 11.3 Å². The fraction of sp³-hybridized carbons (Fsp3) is 0.522. The van der Waals surface area contributed by atoms with E-state index in [0.29, 0.717) is 16.5 Å². The van der Waals surface area contributed by atoms with Crippen LogP contribution < -0.4 is 9.64 Å². The highest BCUT2D eigenvalue weighted by Gasteiger charge is 2.33. The van der Waals surface area contributed by atoms with E-state index in [1.54, 1.807) is 7.11 Å². The number of likely N-dealkylation sites (tertiary alicyclic amines) is 1. The smallest absolute Gasteiger partial charge is 0.268 e. The van der Waals surface area contributed by atoms with Gasteiger partial charge in [0.25, 0.3) is 5.91 Å². The number of carbonyl (C=O) groups excluding carboxylic acids is 1. The Kier molecular flexibility index (Phi) is 5.33. The number of piperidine rings is 1. The maximum Gasteiger partial charge on any atom is 0.268 e. The van der Waals surface area contributed by atoms with E-state index in [0.717, 1.165) is 61.6 Å². The quantitative estimate of drug-likeness (QED) is 0.606. The van der Waals surface area contributed by atoms with Gasteiger partial charge in [0.05, 0.1) is 18.8 Å². The number of carbonyl (C=O) groups is 1. The molecule has 164 valence electrons. The molecule has 2 aliphatic heterocycles. The normalized spacial score (nSPS) is 21.8. The summed E-state index contributed by atoms with van der Waals surface area (Å²) < 4.78 is 7.27. The Hall–Kier alpha value is -2.61. The minimum absolute atomic E-state index is 0.0319. The summed E-state index contributed by atoms with van der Waals surface area (Å²) in [6.07, 6.45) is 6.30. The van der Waals surface area contributed by atoms with E-state index >= 15 is 0 Å². The van der Waals surface area contributed by atoms with Gasteiger partial charge in [-0.15, -0.1) is 11.3 Å². The fourth-order valence-corrected chi connectivity index (χ4v) is 5.67. The van der Waals surface area contributed by atoms with Gasteiger partial charge in [0.15, 0.2) is 5.65 Å². The maximum atomic E-state index is 13.4. The summed E-state index contributed by atoms with van der Waals surface area (Å²) >= 11 is 1.44. The molecule has 0 spiro atoms. The van der Waals surface area contributed by atoms with Gasteiger partial charge in [0.1, 0.15) is 16.4 Å². The van der Waals surface area contributed by atoms with Crippen LogP contribution in [0.15, 0.2) is 23.7 Å². The predicted molar refractivity (Wildman–Crippen MR) is 122 cm³/mol. The molecule has 2 aliphatic rings. The van der Waals surface area contributed by atoms with Gasteiger partial charge in [-0.3, -0.25) is 4.79 Å². The van der Waals surface area contributed by atoms with Crippen molar-refractivity contribution < 1.29 is 9.53 Å². The molecule has 0 aliphatic carbocycles. The average Bonchev–Trinajstić information content (AvgIpc) is 3.51. The van der Waals surface area contributed by atoms with Crippen LogP contribution in [0, 0.1) is 12.8 Å². The molecule has 0 saturated carbocycles. The predicted octanol–water partition coefficient (Wildman–Crippen LogP) is 4.32. The lowest BCUT2D eigenvalue weighted by Gasteiger charge is -2.34. The molecule has 3 aromatic heterocycles. The van der Waals surface area contributed by atoms with E-state index in [4.69, 9.17) is 14.8 Å². The van der Waals surface area contributed by atoms with Crippen molar-refractivity contribution in [1.29, 1.82) is 0 Å². The number of fused-ring (bicyclic) bond motifs is 1. The van der Waals surface area contributed by atoms with Crippen molar-refractivity contribution in [3.63, 3.8) is 0 Å². The molecule has 0 aromatic carbocycles. The van der Waals surface area contributed by atoms with Crippen LogP contribution in [-0.4, -0.2) is 52.1 Å². The standard InChI is InChI=1S/C23H29N5O2S/c1-15-7-10-26(13-15)22-16(2)14-28-20(24-22)12-17(25-28)18-6-4-5-9-27(18)23(29)21-19(30-3)8-11-31-21/h8,11-12,14-15,18H,4-7,9-10,13H2,1-3H3/t15-,18-/m0/s1. The van der Waals surface area contributed by atoms with Crippen LogP contribution in [-0.2, 0) is 0 Å². The number of thiophene rings is 1. The Morgan fingerprint density at radius 1 is 1.26 bits per heavy atom. The van der Waals surface area contributed by atoms with E-state index in [-0.39, 0.29) is 11.9 Å². The summed E-state index contributed by atoms with van der Waals surface area (Å²) in [7, 11) is 1.61. The Balaban J connectivity index is 1.47. The molecule has 1 amide bonds. The lowest BCUT2D eigenvalue weighted by Crippen LogP contribution is -2.38. The second kappa shape index (κ2) is 8.15. The first-order valence-corrected chi connectivity index (χ1v) is 12.0. The summed E-state index contributed by atoms with van der Waals surface area (Å²) in [5.74, 6) is 2.44. The molecule has 2 fully saturated rings. The molecule has 5 rings (SSSR count). The molecular formula is C23H29N5O2S. The molecule has 0 radical (unpaired) electrons. The summed E-state index contributed by atoms with van der Waals surface area (Å²) in [6.45, 7) is 7.24. The van der Waals surface area contributed by atoms with Crippen LogP contribution in [0.4, 0.5) is 5.82 Å². The highest BCUT2D eigenvalue weighted by atomic mass is 32.1. The van der Waals surface area contributed by atoms with Crippen molar-refractivity contribution in [1.82, 2.24) is 19.5 Å². The van der Waals surface area contributed by atoms with Crippen molar-refractivity contribution in [3.05, 3.63) is 39.8 Å². The van der Waals surface area contributed by atoms with Crippen LogP contribution in [0.2, 0.25) is 0 Å². The summed E-state index contributed by atoms with van der Waals surface area (Å²) in [4.78, 5) is 23.3. The third kappa shape index (κ3) is 3.67. The third-order valence-corrected chi connectivity index (χ3v) is 7.38. The van der Waals surface area contributed by atoms with Crippen molar-refractivity contribution in [2.75, 3.05) is 31.6 Å². The summed E-state index contributed by atoms with van der Waals surface area (Å²) in [6, 6.07) is 3.88. The minimum Gasteiger partial charge on any atom is -0.495 e. The summed E-state index contributed by atoms with van der Waals surface area (Å²) in [5, 5.41) is 6.76. The number of anilines is 1. The number of nitrogens with zero attached hydrogens (tertiary/aromatic N) is 5. The van der Waals surface area contributed by atoms with Gasteiger partial charge >= 0.3 is 0 Å². The van der Waals surface area contributed by atoms with Crippen molar-refractivity contribution >= 4 is 28.7 Å². The number of aryl methyl sites for hydroxylation is 1. The maximum absolute atomic E-state index is 13.4. The molecule has 0 N–H and O–H groups in total. The highest BCUT2D eigenvalue weighted by molar-refractivity contribution is 7.12. The Bertz CT molecular complexity index is 1110. The average molecular weight is 440 g/mol. The van der Waals surface area contributed by atoms with Gasteiger partial charge in [0.2, 0.25) is 0 Å². The van der Waals surface area contributed by atoms with Crippen LogP contribution in [0.3, 0.4) is 0 Å². The number of amides is 1. The van der Waals surface area contributed by atoms with Gasteiger partial charge < -0.3 is 14.5 Å². The Labute approximate surface area is 186 Å². The van der Waals surface area contributed by atoms with Crippen LogP contribution in [0.25, 0.3) is 5.65 Å². The largest absolute Gasteiger partial charge is 0.495 e. The lowest BCUT2D eigenvalue weighted by molar-refractivity contribution is 0.0608. The zero-order chi connectivity index (χ0) is 21.5. The number of hydrogen-bond acceptors (Lipinski definition) is 6. The number of hydrogen-bond donors (Lipinski definition) is 0. The van der Waals surface area contributed by atoms with E-state index in [2.05, 4.69) is 31.0 Å². The third-order valence-electron chi connectivity index (χ3n) is 6.50. The first kappa shape index (κ1) is 20.3. The topological polar surface area (TPSA) is 63.0 Å². The summed E-state index contributed by atoms with van der Waals surface area (Å²) in [5.41, 5.74) is 2.90. The Morgan fingerprint density at radius 3 is 2.90 bits per heavy atom. The van der Waals surface area contributed by atoms with E-state index < -0.39 is 0 Å². The minimum atomic E-state index is -0.0367. The van der Waals surface area contributed by atoms with Gasteiger partial charge in [-0.2, -0.15) is 5.10 Å². The molecule has 7 nitrogen and oxygen atoms in total. The molecular weight excluding hydrogens is 410 g/mol. The first-order valence-electron chi connectivity index (χ1n) is 11.1. The van der Waals surface area contributed by atoms with Crippen molar-refractivity contribution in [2.24, 2.45) is 5.92 Å². The SMILES string of the molecule is COc1ccsc1C(=O)N1CCCC[C@H]1c1cc2nc(N3CC[C@H](C)C3)c(C)cn2n1. The zero-order valence-corrected chi connectivity index (χ0v) is 19.2. The molecule has 0 unspecified atom stereocenters. The molecule has 2 atom stereocenters. The van der Waals surface area contributed by atoms with Gasteiger partial charge in [-0.05, 0) is 50.0 Å². The number of aromatic nitrogens is 3. The molecule has 2 saturated heterocycles. The molecule has 31 heavy (non-hydrogen) atoms. The highest BCUT2D eigenvalue weighted by Crippen LogP contribution is 2.35. The van der Waals surface area contributed by atoms with Gasteiger partial charge in [0, 0.05) is 37.5 Å². The first-order chi connectivity index (χ1) is 15.0. The van der Waals surface area contributed by atoms with Crippen molar-refractivity contribution in [3.8, 4) is 5.75 Å². The molecule has 8 heteroatoms. The number of methoxy groups -OCH3 is 1. The second-order valence-corrected chi connectivity index (χ2v) is 9.70.